The van der Waals surface area contributed by atoms with Gasteiger partial charge in [-0.3, -0.25) is 4.79 Å². The van der Waals surface area contributed by atoms with Crippen molar-refractivity contribution in [3.63, 3.8) is 0 Å². The molecule has 0 aliphatic heterocycles. The molecule has 21 heavy (non-hydrogen) atoms. The van der Waals surface area contributed by atoms with Crippen molar-refractivity contribution >= 4 is 16.6 Å². The Bertz CT molecular complexity index is 610. The molecule has 0 saturated heterocycles. The number of ketones is 1. The lowest BCUT2D eigenvalue weighted by atomic mass is 9.87. The second-order valence-corrected chi connectivity index (χ2v) is 5.50. The fraction of sp³-hybridized carbons (Fsp3) is 0.421. The maximum atomic E-state index is 13.0. The number of carbonyl (C=O) groups is 1. The predicted molar refractivity (Wildman–Crippen MR) is 88.1 cm³/mol. The molecule has 0 aliphatic rings. The second kappa shape index (κ2) is 7.26. The van der Waals surface area contributed by atoms with Crippen LogP contribution in [-0.2, 0) is 0 Å². The largest absolute Gasteiger partial charge is 0.496 e. The molecule has 2 aromatic carbocycles. The normalized spacial score (nSPS) is 11.0. The molecular formula is C19H24O2. The van der Waals surface area contributed by atoms with Gasteiger partial charge in [0.05, 0.1) is 12.7 Å². The van der Waals surface area contributed by atoms with Gasteiger partial charge in [-0.05, 0) is 29.7 Å². The Morgan fingerprint density at radius 2 is 1.71 bits per heavy atom. The highest BCUT2D eigenvalue weighted by Crippen LogP contribution is 2.32. The van der Waals surface area contributed by atoms with Crippen molar-refractivity contribution in [2.75, 3.05) is 7.11 Å². The lowest BCUT2D eigenvalue weighted by Crippen LogP contribution is -2.16. The van der Waals surface area contributed by atoms with E-state index in [2.05, 4.69) is 13.8 Å². The van der Waals surface area contributed by atoms with Crippen LogP contribution in [0.25, 0.3) is 10.8 Å². The van der Waals surface area contributed by atoms with Crippen molar-refractivity contribution < 1.29 is 9.53 Å². The highest BCUT2D eigenvalue weighted by atomic mass is 16.5. The van der Waals surface area contributed by atoms with Gasteiger partial charge in [0, 0.05) is 5.92 Å². The molecule has 112 valence electrons. The Morgan fingerprint density at radius 1 is 1.05 bits per heavy atom. The van der Waals surface area contributed by atoms with Crippen LogP contribution in [0.2, 0.25) is 0 Å². The van der Waals surface area contributed by atoms with Crippen molar-refractivity contribution in [3.05, 3.63) is 42.0 Å². The standard InChI is InChI=1S/C19H24O2/c1-4-8-15(9-5-2)19(20)18-16-11-7-6-10-14(16)12-13-17(18)21-3/h6-7,10-13,15H,4-5,8-9H2,1-3H3. The van der Waals surface area contributed by atoms with Crippen LogP contribution < -0.4 is 4.74 Å². The summed E-state index contributed by atoms with van der Waals surface area (Å²) in [4.78, 5) is 13.0. The Morgan fingerprint density at radius 3 is 2.33 bits per heavy atom. The first-order valence-electron chi connectivity index (χ1n) is 7.82. The number of fused-ring (bicyclic) bond motifs is 1. The maximum Gasteiger partial charge on any atom is 0.170 e. The van der Waals surface area contributed by atoms with Crippen LogP contribution in [0.5, 0.6) is 5.75 Å². The van der Waals surface area contributed by atoms with Gasteiger partial charge in [-0.25, -0.2) is 0 Å². The summed E-state index contributed by atoms with van der Waals surface area (Å²) in [5.74, 6) is 1.02. The number of methoxy groups -OCH3 is 1. The van der Waals surface area contributed by atoms with E-state index in [1.54, 1.807) is 7.11 Å². The van der Waals surface area contributed by atoms with Gasteiger partial charge in [0.2, 0.25) is 0 Å². The number of carbonyl (C=O) groups excluding carboxylic acids is 1. The molecule has 0 aliphatic carbocycles. The lowest BCUT2D eigenvalue weighted by molar-refractivity contribution is 0.0903. The van der Waals surface area contributed by atoms with Crippen molar-refractivity contribution in [2.24, 2.45) is 5.92 Å². The molecule has 2 nitrogen and oxygen atoms in total. The first-order chi connectivity index (χ1) is 10.2. The fourth-order valence-electron chi connectivity index (χ4n) is 2.98. The highest BCUT2D eigenvalue weighted by Gasteiger charge is 2.23. The van der Waals surface area contributed by atoms with Crippen molar-refractivity contribution in [1.29, 1.82) is 0 Å². The molecule has 0 fully saturated rings. The summed E-state index contributed by atoms with van der Waals surface area (Å²) in [6.45, 7) is 4.27. The number of Topliss-reactive ketones (excluding diaryl/α,β-unsaturated/α-hetero) is 1. The summed E-state index contributed by atoms with van der Waals surface area (Å²) in [7, 11) is 1.63. The highest BCUT2D eigenvalue weighted by molar-refractivity contribution is 6.11. The van der Waals surface area contributed by atoms with E-state index in [0.717, 1.165) is 42.0 Å². The minimum absolute atomic E-state index is 0.0970. The summed E-state index contributed by atoms with van der Waals surface area (Å²) in [6, 6.07) is 12.0. The Labute approximate surface area is 127 Å². The van der Waals surface area contributed by atoms with Crippen LogP contribution in [0.1, 0.15) is 49.9 Å². The Kier molecular flexibility index (Phi) is 5.38. The third-order valence-electron chi connectivity index (χ3n) is 4.00. The minimum Gasteiger partial charge on any atom is -0.496 e. The molecule has 2 aromatic rings. The fourth-order valence-corrected chi connectivity index (χ4v) is 2.98. The smallest absolute Gasteiger partial charge is 0.170 e. The van der Waals surface area contributed by atoms with Crippen LogP contribution >= 0.6 is 0 Å². The summed E-state index contributed by atoms with van der Waals surface area (Å²) in [5, 5.41) is 2.09. The summed E-state index contributed by atoms with van der Waals surface area (Å²) < 4.78 is 5.46. The Balaban J connectivity index is 2.54. The van der Waals surface area contributed by atoms with E-state index in [0.29, 0.717) is 5.75 Å². The van der Waals surface area contributed by atoms with E-state index in [9.17, 15) is 4.79 Å². The van der Waals surface area contributed by atoms with Crippen molar-refractivity contribution in [1.82, 2.24) is 0 Å². The van der Waals surface area contributed by atoms with Crippen LogP contribution in [-0.4, -0.2) is 12.9 Å². The van der Waals surface area contributed by atoms with Gasteiger partial charge in [-0.1, -0.05) is 57.0 Å². The predicted octanol–water partition coefficient (Wildman–Crippen LogP) is 5.25. The number of ether oxygens (including phenoxy) is 1. The number of hydrogen-bond donors (Lipinski definition) is 0. The molecule has 2 rings (SSSR count). The summed E-state index contributed by atoms with van der Waals surface area (Å²) in [5.41, 5.74) is 0.752. The molecule has 0 bridgehead atoms. The van der Waals surface area contributed by atoms with E-state index in [4.69, 9.17) is 4.74 Å². The molecule has 0 N–H and O–H groups in total. The van der Waals surface area contributed by atoms with Gasteiger partial charge in [0.1, 0.15) is 5.75 Å². The minimum atomic E-state index is 0.0970. The van der Waals surface area contributed by atoms with Gasteiger partial charge >= 0.3 is 0 Å². The van der Waals surface area contributed by atoms with Gasteiger partial charge in [-0.15, -0.1) is 0 Å². The van der Waals surface area contributed by atoms with Gasteiger partial charge in [0.15, 0.2) is 5.78 Å². The van der Waals surface area contributed by atoms with Crippen LogP contribution in [0, 0.1) is 5.92 Å². The second-order valence-electron chi connectivity index (χ2n) is 5.50. The average Bonchev–Trinajstić information content (AvgIpc) is 2.52. The van der Waals surface area contributed by atoms with E-state index in [1.807, 2.05) is 36.4 Å². The third-order valence-corrected chi connectivity index (χ3v) is 4.00. The molecule has 0 spiro atoms. The van der Waals surface area contributed by atoms with Crippen LogP contribution in [0.4, 0.5) is 0 Å². The Hall–Kier alpha value is -1.83. The maximum absolute atomic E-state index is 13.0. The van der Waals surface area contributed by atoms with Crippen LogP contribution in [0.15, 0.2) is 36.4 Å². The molecule has 0 radical (unpaired) electrons. The van der Waals surface area contributed by atoms with E-state index < -0.39 is 0 Å². The molecule has 0 atom stereocenters. The molecule has 0 aromatic heterocycles. The van der Waals surface area contributed by atoms with E-state index in [-0.39, 0.29) is 11.7 Å². The molecule has 0 heterocycles. The first kappa shape index (κ1) is 15.6. The van der Waals surface area contributed by atoms with E-state index >= 15 is 0 Å². The van der Waals surface area contributed by atoms with Crippen LogP contribution in [0.3, 0.4) is 0 Å². The zero-order valence-corrected chi connectivity index (χ0v) is 13.2. The lowest BCUT2D eigenvalue weighted by Gasteiger charge is -2.18. The SMILES string of the molecule is CCCC(CCC)C(=O)c1c(OC)ccc2ccccc12. The van der Waals surface area contributed by atoms with Gasteiger partial charge < -0.3 is 4.74 Å². The molecule has 0 unspecified atom stereocenters. The molecule has 2 heteroatoms. The average molecular weight is 284 g/mol. The summed E-state index contributed by atoms with van der Waals surface area (Å²) >= 11 is 0. The number of benzene rings is 2. The number of hydrogen-bond acceptors (Lipinski definition) is 2. The topological polar surface area (TPSA) is 26.3 Å². The van der Waals surface area contributed by atoms with Gasteiger partial charge in [-0.2, -0.15) is 0 Å². The summed E-state index contributed by atoms with van der Waals surface area (Å²) in [6.07, 6.45) is 3.95. The zero-order valence-electron chi connectivity index (χ0n) is 13.2. The molecule has 0 saturated carbocycles. The molecule has 0 amide bonds. The zero-order chi connectivity index (χ0) is 15.2. The number of rotatable bonds is 7. The van der Waals surface area contributed by atoms with Crippen molar-refractivity contribution in [2.45, 2.75) is 39.5 Å². The van der Waals surface area contributed by atoms with Crippen molar-refractivity contribution in [3.8, 4) is 5.75 Å². The quantitative estimate of drug-likeness (QED) is 0.649. The molecular weight excluding hydrogens is 260 g/mol. The monoisotopic (exact) mass is 284 g/mol. The van der Waals surface area contributed by atoms with E-state index in [1.165, 1.54) is 0 Å². The third kappa shape index (κ3) is 3.26. The first-order valence-corrected chi connectivity index (χ1v) is 7.82. The van der Waals surface area contributed by atoms with Gasteiger partial charge in [0.25, 0.3) is 0 Å².